The fourth-order valence-electron chi connectivity index (χ4n) is 5.17. The highest BCUT2D eigenvalue weighted by Crippen LogP contribution is 2.55. The van der Waals surface area contributed by atoms with E-state index in [1.807, 2.05) is 44.2 Å². The fraction of sp³-hybridized carbons (Fsp3) is 0.103. The molecule has 6 rings (SSSR count). The van der Waals surface area contributed by atoms with E-state index in [0.717, 1.165) is 16.6 Å². The second-order valence-electron chi connectivity index (χ2n) is 9.68. The Morgan fingerprint density at radius 3 is 2.31 bits per heavy atom. The Morgan fingerprint density at radius 1 is 0.861 bits per heavy atom. The number of para-hydroxylation sites is 2. The van der Waals surface area contributed by atoms with Crippen LogP contribution in [0.4, 0.5) is 25.2 Å². The molecule has 1 aliphatic carbocycles. The highest BCUT2D eigenvalue weighted by molar-refractivity contribution is 7.17. The summed E-state index contributed by atoms with van der Waals surface area (Å²) in [6, 6.07) is 18.6. The lowest BCUT2D eigenvalue weighted by Crippen LogP contribution is -2.30. The number of fused-ring (bicyclic) bond motifs is 3. The van der Waals surface area contributed by atoms with Crippen molar-refractivity contribution >= 4 is 58.7 Å². The van der Waals surface area contributed by atoms with Crippen molar-refractivity contribution in [3.63, 3.8) is 0 Å². The molecule has 3 aromatic carbocycles. The summed E-state index contributed by atoms with van der Waals surface area (Å²) in [6.45, 7) is 4.13. The molecule has 0 radical (unpaired) electrons. The van der Waals surface area contributed by atoms with E-state index in [1.165, 1.54) is 29.5 Å². The minimum atomic E-state index is -0.671. The number of Topliss-reactive ketones (excluding diaryl/α,β-unsaturated/α-hetero) is 2. The van der Waals surface area contributed by atoms with E-state index >= 15 is 8.78 Å². The van der Waals surface area contributed by atoms with Gasteiger partial charge in [-0.25, -0.2) is 8.78 Å². The van der Waals surface area contributed by atoms with Gasteiger partial charge in [0.25, 0.3) is 0 Å². The van der Waals surface area contributed by atoms with E-state index < -0.39 is 17.0 Å². The van der Waals surface area contributed by atoms with Crippen molar-refractivity contribution in [3.05, 3.63) is 111 Å². The van der Waals surface area contributed by atoms with Crippen molar-refractivity contribution in [1.29, 1.82) is 0 Å². The lowest BCUT2D eigenvalue weighted by Gasteiger charge is -2.40. The number of hydrogen-bond acceptors (Lipinski definition) is 4. The Balaban J connectivity index is 1.55. The zero-order valence-corrected chi connectivity index (χ0v) is 20.7. The Kier molecular flexibility index (Phi) is 4.92. The molecular formula is C29H20BF2NO2S. The topological polar surface area (TPSA) is 37.4 Å². The summed E-state index contributed by atoms with van der Waals surface area (Å²) in [5.41, 5.74) is 3.69. The Morgan fingerprint density at radius 2 is 1.56 bits per heavy atom. The molecule has 0 fully saturated rings. The van der Waals surface area contributed by atoms with Gasteiger partial charge in [-0.15, -0.1) is 11.3 Å². The van der Waals surface area contributed by atoms with Gasteiger partial charge < -0.3 is 0 Å². The normalized spacial score (nSPS) is 16.8. The average molecular weight is 495 g/mol. The van der Waals surface area contributed by atoms with Crippen molar-refractivity contribution in [2.45, 2.75) is 19.3 Å². The third kappa shape index (κ3) is 3.16. The minimum Gasteiger partial charge on any atom is -0.296 e. The van der Waals surface area contributed by atoms with Crippen molar-refractivity contribution < 1.29 is 18.4 Å². The Labute approximate surface area is 212 Å². The second-order valence-corrected chi connectivity index (χ2v) is 10.7. The van der Waals surface area contributed by atoms with E-state index in [9.17, 15) is 9.59 Å². The van der Waals surface area contributed by atoms with Crippen molar-refractivity contribution in [2.24, 2.45) is 0 Å². The van der Waals surface area contributed by atoms with Gasteiger partial charge in [0, 0.05) is 21.4 Å². The Bertz CT molecular complexity index is 1630. The quantitative estimate of drug-likeness (QED) is 0.199. The molecule has 0 bridgehead atoms. The Hall–Kier alpha value is -3.84. The summed E-state index contributed by atoms with van der Waals surface area (Å²) >= 11 is 1.31. The van der Waals surface area contributed by atoms with Crippen LogP contribution in [0.1, 0.15) is 50.6 Å². The van der Waals surface area contributed by atoms with E-state index in [2.05, 4.69) is 13.8 Å². The number of carbonyl (C=O) groups is 2. The summed E-state index contributed by atoms with van der Waals surface area (Å²) in [5, 5.41) is 0.654. The smallest absolute Gasteiger partial charge is 0.197 e. The maximum atomic E-state index is 15.1. The molecule has 0 atom stereocenters. The van der Waals surface area contributed by atoms with Crippen LogP contribution in [-0.4, -0.2) is 19.4 Å². The molecule has 36 heavy (non-hydrogen) atoms. The van der Waals surface area contributed by atoms with Gasteiger partial charge in [0.05, 0.1) is 11.3 Å². The number of thiophene rings is 1. The lowest BCUT2D eigenvalue weighted by molar-refractivity contribution is 0.0990. The number of nitrogens with zero attached hydrogens (tertiary/aromatic N) is 1. The van der Waals surface area contributed by atoms with Gasteiger partial charge in [0.15, 0.2) is 11.6 Å². The number of ketones is 2. The number of hydrogen-bond donors (Lipinski definition) is 0. The predicted molar refractivity (Wildman–Crippen MR) is 142 cm³/mol. The highest BCUT2D eigenvalue weighted by Gasteiger charge is 2.40. The summed E-state index contributed by atoms with van der Waals surface area (Å²) in [4.78, 5) is 28.4. The molecule has 0 N–H and O–H groups in total. The van der Waals surface area contributed by atoms with Crippen molar-refractivity contribution in [2.75, 3.05) is 4.90 Å². The molecule has 176 valence electrons. The van der Waals surface area contributed by atoms with Gasteiger partial charge in [-0.05, 0) is 41.5 Å². The molecule has 2 heterocycles. The van der Waals surface area contributed by atoms with Crippen molar-refractivity contribution in [3.8, 4) is 0 Å². The summed E-state index contributed by atoms with van der Waals surface area (Å²) in [6.07, 6.45) is 1.61. The van der Waals surface area contributed by atoms with Gasteiger partial charge in [-0.2, -0.15) is 0 Å². The predicted octanol–water partition coefficient (Wildman–Crippen LogP) is 5.86. The third-order valence-corrected chi connectivity index (χ3v) is 8.09. The molecule has 0 saturated heterocycles. The molecule has 0 spiro atoms. The second kappa shape index (κ2) is 7.83. The van der Waals surface area contributed by atoms with Crippen LogP contribution < -0.4 is 10.4 Å². The monoisotopic (exact) mass is 495 g/mol. The standard InChI is InChI=1S/C29H20BF2NO2S/c1-29(2)20-6-3-4-9-24(20)33(25-22(31)7-5-8-23(25)32)28-21(29)14-16(36-28)13-19-26(34)17-11-10-15(30)12-18(17)27(19)35/h3-14H,30H2,1-2H3/b19-13+. The van der Waals surface area contributed by atoms with Crippen LogP contribution >= 0.6 is 11.3 Å². The third-order valence-electron chi connectivity index (χ3n) is 7.03. The SMILES string of the molecule is Bc1ccc2c(c1)C(=O)/C(=C/c1cc3c(s1)N(c1c(F)cccc1F)c1ccccc1C3(C)C)C2=O. The molecule has 0 saturated carbocycles. The molecule has 1 aromatic heterocycles. The lowest BCUT2D eigenvalue weighted by atomic mass is 9.75. The number of rotatable bonds is 2. The minimum absolute atomic E-state index is 0.105. The maximum Gasteiger partial charge on any atom is 0.197 e. The number of anilines is 3. The number of halogens is 2. The van der Waals surface area contributed by atoms with E-state index in [1.54, 1.807) is 23.1 Å². The van der Waals surface area contributed by atoms with E-state index in [4.69, 9.17) is 0 Å². The van der Waals surface area contributed by atoms with Crippen LogP contribution in [0.15, 0.2) is 72.3 Å². The summed E-state index contributed by atoms with van der Waals surface area (Å²) in [5.74, 6) is -1.95. The van der Waals surface area contributed by atoms with Crippen LogP contribution in [-0.2, 0) is 5.41 Å². The maximum absolute atomic E-state index is 15.1. The van der Waals surface area contributed by atoms with Crippen LogP contribution in [0.3, 0.4) is 0 Å². The molecule has 7 heteroatoms. The zero-order chi connectivity index (χ0) is 25.4. The van der Waals surface area contributed by atoms with Gasteiger partial charge in [-0.1, -0.05) is 61.8 Å². The first-order valence-corrected chi connectivity index (χ1v) is 12.4. The summed E-state index contributed by atoms with van der Waals surface area (Å²) < 4.78 is 30.1. The molecule has 4 aromatic rings. The molecule has 0 amide bonds. The molecular weight excluding hydrogens is 475 g/mol. The van der Waals surface area contributed by atoms with Gasteiger partial charge in [0.2, 0.25) is 0 Å². The summed E-state index contributed by atoms with van der Waals surface area (Å²) in [7, 11) is 1.88. The average Bonchev–Trinajstić information content (AvgIpc) is 3.37. The number of benzene rings is 3. The molecule has 3 nitrogen and oxygen atoms in total. The number of carbonyl (C=O) groups excluding carboxylic acids is 2. The first-order chi connectivity index (χ1) is 17.2. The fourth-order valence-corrected chi connectivity index (χ4v) is 6.45. The van der Waals surface area contributed by atoms with Gasteiger partial charge >= 0.3 is 0 Å². The van der Waals surface area contributed by atoms with E-state index in [-0.39, 0.29) is 22.8 Å². The largest absolute Gasteiger partial charge is 0.296 e. The van der Waals surface area contributed by atoms with Crippen LogP contribution in [0.25, 0.3) is 6.08 Å². The molecule has 1 aliphatic heterocycles. The highest BCUT2D eigenvalue weighted by atomic mass is 32.1. The van der Waals surface area contributed by atoms with Gasteiger partial charge in [0.1, 0.15) is 30.2 Å². The first-order valence-electron chi connectivity index (χ1n) is 11.6. The van der Waals surface area contributed by atoms with Crippen molar-refractivity contribution in [1.82, 2.24) is 0 Å². The van der Waals surface area contributed by atoms with Crippen LogP contribution in [0, 0.1) is 11.6 Å². The van der Waals surface area contributed by atoms with E-state index in [0.29, 0.717) is 26.7 Å². The van der Waals surface area contributed by atoms with Crippen LogP contribution in [0.5, 0.6) is 0 Å². The number of allylic oxidation sites excluding steroid dienone is 1. The zero-order valence-electron chi connectivity index (χ0n) is 19.9. The molecule has 0 unspecified atom stereocenters. The van der Waals surface area contributed by atoms with Crippen LogP contribution in [0.2, 0.25) is 0 Å². The first kappa shape index (κ1) is 22.6. The van der Waals surface area contributed by atoms with Gasteiger partial charge in [-0.3, -0.25) is 14.5 Å². The molecule has 2 aliphatic rings.